The van der Waals surface area contributed by atoms with E-state index in [2.05, 4.69) is 16.4 Å². The Labute approximate surface area is 88.9 Å². The largest absolute Gasteiger partial charge is 0.476 e. The van der Waals surface area contributed by atoms with Crippen LogP contribution in [0.1, 0.15) is 18.4 Å². The Kier molecular flexibility index (Phi) is 3.15. The standard InChI is InChI=1S/C11H13N3O/c12-7-9-3-5-14-11(6-9)15-8-10-2-1-4-13-10/h3,5-6,10,13H,1-2,4,8H2/t10-/m1/s1. The maximum Gasteiger partial charge on any atom is 0.214 e. The van der Waals surface area contributed by atoms with E-state index in [1.165, 1.54) is 6.42 Å². The molecule has 4 heteroatoms. The van der Waals surface area contributed by atoms with Crippen molar-refractivity contribution in [2.24, 2.45) is 0 Å². The Morgan fingerprint density at radius 1 is 1.67 bits per heavy atom. The molecule has 1 saturated heterocycles. The molecule has 0 spiro atoms. The highest BCUT2D eigenvalue weighted by Crippen LogP contribution is 2.11. The third kappa shape index (κ3) is 2.67. The maximum absolute atomic E-state index is 8.70. The number of nitrogens with one attached hydrogen (secondary N) is 1. The molecule has 15 heavy (non-hydrogen) atoms. The molecule has 1 fully saturated rings. The number of ether oxygens (including phenoxy) is 1. The molecule has 0 bridgehead atoms. The first kappa shape index (κ1) is 9.94. The van der Waals surface area contributed by atoms with E-state index in [4.69, 9.17) is 10.00 Å². The van der Waals surface area contributed by atoms with Gasteiger partial charge in [-0.2, -0.15) is 5.26 Å². The molecule has 2 heterocycles. The lowest BCUT2D eigenvalue weighted by Gasteiger charge is -2.10. The van der Waals surface area contributed by atoms with Gasteiger partial charge in [-0.05, 0) is 25.5 Å². The van der Waals surface area contributed by atoms with Crippen LogP contribution < -0.4 is 10.1 Å². The second kappa shape index (κ2) is 4.76. The lowest BCUT2D eigenvalue weighted by Crippen LogP contribution is -2.28. The average molecular weight is 203 g/mol. The van der Waals surface area contributed by atoms with Gasteiger partial charge in [0.25, 0.3) is 0 Å². The molecule has 2 rings (SSSR count). The van der Waals surface area contributed by atoms with E-state index in [0.717, 1.165) is 13.0 Å². The van der Waals surface area contributed by atoms with Gasteiger partial charge in [-0.1, -0.05) is 0 Å². The summed E-state index contributed by atoms with van der Waals surface area (Å²) in [6.07, 6.45) is 3.95. The predicted octanol–water partition coefficient (Wildman–Crippen LogP) is 1.08. The molecule has 1 aromatic rings. The molecule has 1 N–H and O–H groups in total. The third-order valence-corrected chi connectivity index (χ3v) is 2.46. The molecule has 0 saturated carbocycles. The number of aromatic nitrogens is 1. The fraction of sp³-hybridized carbons (Fsp3) is 0.455. The van der Waals surface area contributed by atoms with Crippen molar-refractivity contribution in [3.63, 3.8) is 0 Å². The van der Waals surface area contributed by atoms with E-state index in [1.807, 2.05) is 0 Å². The summed E-state index contributed by atoms with van der Waals surface area (Å²) < 4.78 is 5.51. The third-order valence-electron chi connectivity index (χ3n) is 2.46. The smallest absolute Gasteiger partial charge is 0.214 e. The molecule has 1 atom stereocenters. The zero-order chi connectivity index (χ0) is 10.5. The second-order valence-corrected chi connectivity index (χ2v) is 3.60. The molecule has 0 aromatic carbocycles. The van der Waals surface area contributed by atoms with Crippen LogP contribution >= 0.6 is 0 Å². The average Bonchev–Trinajstić information content (AvgIpc) is 2.79. The SMILES string of the molecule is N#Cc1ccnc(OC[C@H]2CCCN2)c1. The summed E-state index contributed by atoms with van der Waals surface area (Å²) in [5.74, 6) is 0.530. The second-order valence-electron chi connectivity index (χ2n) is 3.60. The van der Waals surface area contributed by atoms with E-state index >= 15 is 0 Å². The highest BCUT2D eigenvalue weighted by Gasteiger charge is 2.14. The van der Waals surface area contributed by atoms with Crippen LogP contribution in [0.2, 0.25) is 0 Å². The van der Waals surface area contributed by atoms with Crippen LogP contribution in [-0.4, -0.2) is 24.2 Å². The Morgan fingerprint density at radius 3 is 3.33 bits per heavy atom. The monoisotopic (exact) mass is 203 g/mol. The van der Waals surface area contributed by atoms with Crippen molar-refractivity contribution in [3.8, 4) is 11.9 Å². The van der Waals surface area contributed by atoms with Crippen molar-refractivity contribution in [2.75, 3.05) is 13.2 Å². The first-order valence-electron chi connectivity index (χ1n) is 5.11. The van der Waals surface area contributed by atoms with Crippen LogP contribution in [0.3, 0.4) is 0 Å². The first-order valence-corrected chi connectivity index (χ1v) is 5.11. The van der Waals surface area contributed by atoms with Gasteiger partial charge in [0.15, 0.2) is 0 Å². The number of nitriles is 1. The minimum atomic E-state index is 0.428. The fourth-order valence-electron chi connectivity index (χ4n) is 1.64. The summed E-state index contributed by atoms with van der Waals surface area (Å²) in [5.41, 5.74) is 0.583. The molecule has 0 amide bonds. The van der Waals surface area contributed by atoms with Gasteiger partial charge in [0.05, 0.1) is 11.6 Å². The molecule has 0 unspecified atom stereocenters. The highest BCUT2D eigenvalue weighted by molar-refractivity contribution is 5.31. The van der Waals surface area contributed by atoms with Crippen molar-refractivity contribution in [2.45, 2.75) is 18.9 Å². The predicted molar refractivity (Wildman–Crippen MR) is 55.5 cm³/mol. The number of nitrogens with zero attached hydrogens (tertiary/aromatic N) is 2. The summed E-state index contributed by atoms with van der Waals surface area (Å²) >= 11 is 0. The summed E-state index contributed by atoms with van der Waals surface area (Å²) in [6.45, 7) is 1.70. The van der Waals surface area contributed by atoms with Crippen molar-refractivity contribution < 1.29 is 4.74 Å². The first-order chi connectivity index (χ1) is 7.38. The number of pyridine rings is 1. The van der Waals surface area contributed by atoms with Crippen LogP contribution in [-0.2, 0) is 0 Å². The van der Waals surface area contributed by atoms with Gasteiger partial charge in [0, 0.05) is 18.3 Å². The minimum Gasteiger partial charge on any atom is -0.476 e. The van der Waals surface area contributed by atoms with E-state index in [0.29, 0.717) is 24.1 Å². The molecule has 0 radical (unpaired) electrons. The Bertz CT molecular complexity index is 366. The van der Waals surface area contributed by atoms with Crippen molar-refractivity contribution in [1.82, 2.24) is 10.3 Å². The lowest BCUT2D eigenvalue weighted by molar-refractivity contribution is 0.267. The zero-order valence-electron chi connectivity index (χ0n) is 8.44. The number of hydrogen-bond acceptors (Lipinski definition) is 4. The molecular weight excluding hydrogens is 190 g/mol. The summed E-state index contributed by atoms with van der Waals surface area (Å²) in [5, 5.41) is 12.0. The normalized spacial score (nSPS) is 19.8. The lowest BCUT2D eigenvalue weighted by atomic mass is 10.2. The van der Waals surface area contributed by atoms with Gasteiger partial charge in [-0.15, -0.1) is 0 Å². The van der Waals surface area contributed by atoms with Crippen molar-refractivity contribution >= 4 is 0 Å². The Hall–Kier alpha value is -1.60. The molecule has 1 aromatic heterocycles. The number of hydrogen-bond donors (Lipinski definition) is 1. The minimum absolute atomic E-state index is 0.428. The number of rotatable bonds is 3. The van der Waals surface area contributed by atoms with Crippen molar-refractivity contribution in [3.05, 3.63) is 23.9 Å². The van der Waals surface area contributed by atoms with Crippen LogP contribution in [0.5, 0.6) is 5.88 Å². The maximum atomic E-state index is 8.70. The van der Waals surface area contributed by atoms with Gasteiger partial charge in [0.2, 0.25) is 5.88 Å². The Balaban J connectivity index is 1.90. The fourth-order valence-corrected chi connectivity index (χ4v) is 1.64. The van der Waals surface area contributed by atoms with E-state index in [-0.39, 0.29) is 0 Å². The summed E-state index contributed by atoms with van der Waals surface area (Å²) in [6, 6.07) is 5.82. The quantitative estimate of drug-likeness (QED) is 0.798. The van der Waals surface area contributed by atoms with E-state index in [1.54, 1.807) is 18.3 Å². The van der Waals surface area contributed by atoms with E-state index < -0.39 is 0 Å². The molecule has 4 nitrogen and oxygen atoms in total. The summed E-state index contributed by atoms with van der Waals surface area (Å²) in [4.78, 5) is 4.05. The summed E-state index contributed by atoms with van der Waals surface area (Å²) in [7, 11) is 0. The highest BCUT2D eigenvalue weighted by atomic mass is 16.5. The van der Waals surface area contributed by atoms with Gasteiger partial charge in [-0.25, -0.2) is 4.98 Å². The van der Waals surface area contributed by atoms with Gasteiger partial charge in [-0.3, -0.25) is 0 Å². The molecular formula is C11H13N3O. The molecule has 0 aliphatic carbocycles. The molecule has 78 valence electrons. The van der Waals surface area contributed by atoms with Gasteiger partial charge < -0.3 is 10.1 Å². The Morgan fingerprint density at radius 2 is 2.60 bits per heavy atom. The molecule has 1 aliphatic heterocycles. The molecule has 1 aliphatic rings. The van der Waals surface area contributed by atoms with Crippen LogP contribution in [0, 0.1) is 11.3 Å². The van der Waals surface area contributed by atoms with Crippen LogP contribution in [0.15, 0.2) is 18.3 Å². The van der Waals surface area contributed by atoms with Gasteiger partial charge in [0.1, 0.15) is 6.61 Å². The topological polar surface area (TPSA) is 57.9 Å². The van der Waals surface area contributed by atoms with Crippen LogP contribution in [0.4, 0.5) is 0 Å². The zero-order valence-corrected chi connectivity index (χ0v) is 8.44. The van der Waals surface area contributed by atoms with Gasteiger partial charge >= 0.3 is 0 Å². The van der Waals surface area contributed by atoms with Crippen LogP contribution in [0.25, 0.3) is 0 Å². The van der Waals surface area contributed by atoms with E-state index in [9.17, 15) is 0 Å². The van der Waals surface area contributed by atoms with Crippen molar-refractivity contribution in [1.29, 1.82) is 5.26 Å².